The standard InChI is InChI=1S/C28H24N2O11S2/c1-39-17-3-9-21(10-4-17)42(35,36)29-25-13-7-19(15-23(25)27(31)32)41-20-8-14-26(24(16-20)28(33)34)30-43(37,38)22-11-5-18(40-2)6-12-22/h3-16,29-30H,1-2H3,(H,31,32)(H,33,34). The summed E-state index contributed by atoms with van der Waals surface area (Å²) in [5.41, 5.74) is -1.39. The van der Waals surface area contributed by atoms with E-state index in [1.807, 2.05) is 0 Å². The molecule has 0 aliphatic rings. The highest BCUT2D eigenvalue weighted by atomic mass is 32.2. The van der Waals surface area contributed by atoms with Gasteiger partial charge < -0.3 is 24.4 Å². The fraction of sp³-hybridized carbons (Fsp3) is 0.0714. The number of carboxylic acid groups (broad SMARTS) is 2. The molecule has 0 bridgehead atoms. The highest BCUT2D eigenvalue weighted by Gasteiger charge is 2.22. The van der Waals surface area contributed by atoms with Crippen molar-refractivity contribution in [1.82, 2.24) is 0 Å². The zero-order valence-electron chi connectivity index (χ0n) is 22.5. The van der Waals surface area contributed by atoms with Crippen LogP contribution in [-0.2, 0) is 20.0 Å². The van der Waals surface area contributed by atoms with Crippen LogP contribution in [0.4, 0.5) is 11.4 Å². The van der Waals surface area contributed by atoms with E-state index in [0.717, 1.165) is 12.1 Å². The van der Waals surface area contributed by atoms with E-state index >= 15 is 0 Å². The number of hydrogen-bond donors (Lipinski definition) is 4. The van der Waals surface area contributed by atoms with Gasteiger partial charge in [0.2, 0.25) is 0 Å². The van der Waals surface area contributed by atoms with Gasteiger partial charge in [-0.3, -0.25) is 9.44 Å². The number of sulfonamides is 2. The molecular formula is C28H24N2O11S2. The van der Waals surface area contributed by atoms with Crippen LogP contribution in [-0.4, -0.2) is 53.2 Å². The van der Waals surface area contributed by atoms with Crippen molar-refractivity contribution in [2.75, 3.05) is 23.7 Å². The first-order valence-corrected chi connectivity index (χ1v) is 15.1. The molecule has 4 aromatic carbocycles. The van der Waals surface area contributed by atoms with Crippen molar-refractivity contribution in [1.29, 1.82) is 0 Å². The maximum Gasteiger partial charge on any atom is 0.337 e. The quantitative estimate of drug-likeness (QED) is 0.173. The molecule has 4 N–H and O–H groups in total. The number of ether oxygens (including phenoxy) is 3. The fourth-order valence-electron chi connectivity index (χ4n) is 3.76. The Labute approximate surface area is 246 Å². The molecule has 4 rings (SSSR count). The lowest BCUT2D eigenvalue weighted by molar-refractivity contribution is 0.0687. The number of benzene rings is 4. The van der Waals surface area contributed by atoms with Crippen LogP contribution in [0.25, 0.3) is 0 Å². The number of hydrogen-bond acceptors (Lipinski definition) is 9. The lowest BCUT2D eigenvalue weighted by atomic mass is 10.1. The van der Waals surface area contributed by atoms with Gasteiger partial charge in [0.15, 0.2) is 0 Å². The van der Waals surface area contributed by atoms with Crippen LogP contribution < -0.4 is 23.7 Å². The van der Waals surface area contributed by atoms with Gasteiger partial charge in [-0.2, -0.15) is 0 Å². The molecule has 0 spiro atoms. The summed E-state index contributed by atoms with van der Waals surface area (Å²) in [5, 5.41) is 19.4. The van der Waals surface area contributed by atoms with E-state index in [1.54, 1.807) is 0 Å². The van der Waals surface area contributed by atoms with Crippen molar-refractivity contribution in [3.05, 3.63) is 96.1 Å². The third kappa shape index (κ3) is 7.14. The Morgan fingerprint density at radius 2 is 0.884 bits per heavy atom. The number of nitrogens with one attached hydrogen (secondary N) is 2. The van der Waals surface area contributed by atoms with Crippen LogP contribution in [0.1, 0.15) is 20.7 Å². The van der Waals surface area contributed by atoms with Gasteiger partial charge in [-0.1, -0.05) is 0 Å². The smallest absolute Gasteiger partial charge is 0.337 e. The number of rotatable bonds is 12. The first-order chi connectivity index (χ1) is 20.3. The third-order valence-electron chi connectivity index (χ3n) is 5.91. The minimum atomic E-state index is -4.16. The van der Waals surface area contributed by atoms with Gasteiger partial charge in [-0.15, -0.1) is 0 Å². The van der Waals surface area contributed by atoms with Crippen molar-refractivity contribution in [2.45, 2.75) is 9.79 Å². The summed E-state index contributed by atoms with van der Waals surface area (Å²) < 4.78 is 71.4. The summed E-state index contributed by atoms with van der Waals surface area (Å²) in [5.74, 6) is -2.19. The monoisotopic (exact) mass is 628 g/mol. The second-order valence-electron chi connectivity index (χ2n) is 8.69. The molecule has 224 valence electrons. The summed E-state index contributed by atoms with van der Waals surface area (Å²) in [4.78, 5) is 23.6. The van der Waals surface area contributed by atoms with Gasteiger partial charge in [0.25, 0.3) is 20.0 Å². The Morgan fingerprint density at radius 1 is 0.558 bits per heavy atom. The Morgan fingerprint density at radius 3 is 1.19 bits per heavy atom. The van der Waals surface area contributed by atoms with Gasteiger partial charge in [0, 0.05) is 0 Å². The summed E-state index contributed by atoms with van der Waals surface area (Å²) in [6.45, 7) is 0. The molecule has 13 nitrogen and oxygen atoms in total. The van der Waals surface area contributed by atoms with Gasteiger partial charge in [-0.25, -0.2) is 26.4 Å². The van der Waals surface area contributed by atoms with E-state index in [9.17, 15) is 36.6 Å². The Balaban J connectivity index is 1.58. The lowest BCUT2D eigenvalue weighted by Gasteiger charge is -2.14. The second kappa shape index (κ2) is 12.3. The summed E-state index contributed by atoms with van der Waals surface area (Å²) in [7, 11) is -5.48. The predicted octanol–water partition coefficient (Wildman–Crippen LogP) is 4.49. The molecule has 0 aliphatic heterocycles. The molecule has 43 heavy (non-hydrogen) atoms. The van der Waals surface area contributed by atoms with Crippen molar-refractivity contribution >= 4 is 43.4 Å². The van der Waals surface area contributed by atoms with Gasteiger partial charge >= 0.3 is 11.9 Å². The van der Waals surface area contributed by atoms with E-state index in [1.165, 1.54) is 87.0 Å². The minimum Gasteiger partial charge on any atom is -0.497 e. The minimum absolute atomic E-state index is 0.0623. The first-order valence-electron chi connectivity index (χ1n) is 12.1. The first kappa shape index (κ1) is 30.7. The van der Waals surface area contributed by atoms with Gasteiger partial charge in [0.05, 0.1) is 46.5 Å². The normalized spacial score (nSPS) is 11.3. The number of methoxy groups -OCH3 is 2. The summed E-state index contributed by atoms with van der Waals surface area (Å²) >= 11 is 0. The summed E-state index contributed by atoms with van der Waals surface area (Å²) in [6, 6.07) is 17.9. The Hall–Kier alpha value is -5.28. The van der Waals surface area contributed by atoms with Crippen LogP contribution in [0.15, 0.2) is 94.7 Å². The van der Waals surface area contributed by atoms with Crippen LogP contribution in [0.5, 0.6) is 23.0 Å². The van der Waals surface area contributed by atoms with E-state index in [4.69, 9.17) is 14.2 Å². The molecule has 15 heteroatoms. The Bertz CT molecular complexity index is 1750. The van der Waals surface area contributed by atoms with E-state index in [-0.39, 0.29) is 32.7 Å². The topological polar surface area (TPSA) is 195 Å². The molecule has 0 radical (unpaired) electrons. The molecule has 0 saturated carbocycles. The number of carbonyl (C=O) groups is 2. The molecule has 0 aliphatic carbocycles. The van der Waals surface area contributed by atoms with Gasteiger partial charge in [0.1, 0.15) is 23.0 Å². The van der Waals surface area contributed by atoms with E-state index in [0.29, 0.717) is 11.5 Å². The van der Waals surface area contributed by atoms with Crippen molar-refractivity contribution in [2.24, 2.45) is 0 Å². The largest absolute Gasteiger partial charge is 0.497 e. The zero-order chi connectivity index (χ0) is 31.4. The van der Waals surface area contributed by atoms with E-state index in [2.05, 4.69) is 9.44 Å². The molecule has 0 saturated heterocycles. The third-order valence-corrected chi connectivity index (χ3v) is 8.67. The Kier molecular flexibility index (Phi) is 8.77. The highest BCUT2D eigenvalue weighted by Crippen LogP contribution is 2.31. The molecule has 0 fully saturated rings. The van der Waals surface area contributed by atoms with E-state index < -0.39 is 43.1 Å². The lowest BCUT2D eigenvalue weighted by Crippen LogP contribution is -2.16. The average molecular weight is 629 g/mol. The molecular weight excluding hydrogens is 604 g/mol. The van der Waals surface area contributed by atoms with Crippen LogP contribution in [0.2, 0.25) is 0 Å². The zero-order valence-corrected chi connectivity index (χ0v) is 24.1. The van der Waals surface area contributed by atoms with Crippen molar-refractivity contribution in [3.8, 4) is 23.0 Å². The molecule has 0 aromatic heterocycles. The molecule has 0 atom stereocenters. The second-order valence-corrected chi connectivity index (χ2v) is 12.1. The van der Waals surface area contributed by atoms with Crippen LogP contribution in [0.3, 0.4) is 0 Å². The molecule has 0 heterocycles. The number of anilines is 2. The average Bonchev–Trinajstić information content (AvgIpc) is 2.98. The highest BCUT2D eigenvalue weighted by molar-refractivity contribution is 7.93. The molecule has 0 amide bonds. The molecule has 0 unspecified atom stereocenters. The molecule has 4 aromatic rings. The SMILES string of the molecule is COc1ccc(S(=O)(=O)Nc2ccc(Oc3ccc(NS(=O)(=O)c4ccc(OC)cc4)c(C(=O)O)c3)cc2C(=O)O)cc1. The van der Waals surface area contributed by atoms with Crippen LogP contribution in [0, 0.1) is 0 Å². The maximum atomic E-state index is 12.8. The number of carboxylic acids is 2. The fourth-order valence-corrected chi connectivity index (χ4v) is 5.92. The van der Waals surface area contributed by atoms with Crippen molar-refractivity contribution in [3.63, 3.8) is 0 Å². The van der Waals surface area contributed by atoms with Crippen molar-refractivity contribution < 1.29 is 50.8 Å². The maximum absolute atomic E-state index is 12.8. The summed E-state index contributed by atoms with van der Waals surface area (Å²) in [6.07, 6.45) is 0. The predicted molar refractivity (Wildman–Crippen MR) is 154 cm³/mol. The number of aromatic carboxylic acids is 2. The van der Waals surface area contributed by atoms with Crippen LogP contribution >= 0.6 is 0 Å². The van der Waals surface area contributed by atoms with Gasteiger partial charge in [-0.05, 0) is 84.9 Å².